The van der Waals surface area contributed by atoms with Gasteiger partial charge in [0.05, 0.1) is 0 Å². The molecule has 0 spiro atoms. The number of nitrogens with zero attached hydrogens (tertiary/aromatic N) is 2. The van der Waals surface area contributed by atoms with Gasteiger partial charge in [0.1, 0.15) is 5.69 Å². The Morgan fingerprint density at radius 1 is 1.47 bits per heavy atom. The van der Waals surface area contributed by atoms with Gasteiger partial charge in [-0.2, -0.15) is 0 Å². The maximum atomic E-state index is 12.6. The monoisotopic (exact) mass is 233 g/mol. The summed E-state index contributed by atoms with van der Waals surface area (Å²) in [5.41, 5.74) is 0.796. The Morgan fingerprint density at radius 3 is 3.00 bits per heavy atom. The number of carbonyl (C=O) groups is 1. The Balaban J connectivity index is 1.88. The molecule has 2 aliphatic rings. The highest BCUT2D eigenvalue weighted by atomic mass is 16.2. The average molecular weight is 233 g/mol. The first kappa shape index (κ1) is 10.8. The van der Waals surface area contributed by atoms with Crippen molar-refractivity contribution in [1.82, 2.24) is 14.8 Å². The lowest BCUT2D eigenvalue weighted by Crippen LogP contribution is -2.43. The topological polar surface area (TPSA) is 37.3 Å². The smallest absolute Gasteiger partial charge is 0.271 e. The maximum Gasteiger partial charge on any atom is 0.271 e. The first-order chi connectivity index (χ1) is 8.18. The van der Waals surface area contributed by atoms with Gasteiger partial charge in [-0.3, -0.25) is 4.79 Å². The van der Waals surface area contributed by atoms with Gasteiger partial charge in [-0.1, -0.05) is 0 Å². The number of carbonyl (C=O) groups excluding carboxylic acids is 1. The Kier molecular flexibility index (Phi) is 2.47. The largest absolute Gasteiger partial charge is 0.347 e. The van der Waals surface area contributed by atoms with E-state index in [2.05, 4.69) is 17.1 Å². The van der Waals surface area contributed by atoms with Gasteiger partial charge in [0, 0.05) is 38.4 Å². The zero-order valence-electron chi connectivity index (χ0n) is 10.4. The predicted molar refractivity (Wildman–Crippen MR) is 65.8 cm³/mol. The fourth-order valence-electron chi connectivity index (χ4n) is 3.33. The van der Waals surface area contributed by atoms with Crippen LogP contribution in [-0.2, 0) is 7.05 Å². The van der Waals surface area contributed by atoms with E-state index in [4.69, 9.17) is 0 Å². The van der Waals surface area contributed by atoms with E-state index in [-0.39, 0.29) is 5.91 Å². The van der Waals surface area contributed by atoms with E-state index < -0.39 is 0 Å². The average Bonchev–Trinajstić information content (AvgIpc) is 2.92. The van der Waals surface area contributed by atoms with Crippen LogP contribution in [0.4, 0.5) is 0 Å². The van der Waals surface area contributed by atoms with E-state index in [1.165, 1.54) is 0 Å². The Hall–Kier alpha value is -1.29. The Morgan fingerprint density at radius 2 is 2.29 bits per heavy atom. The van der Waals surface area contributed by atoms with E-state index in [0.717, 1.165) is 25.2 Å². The van der Waals surface area contributed by atoms with Crippen molar-refractivity contribution in [3.05, 3.63) is 24.0 Å². The first-order valence-electron chi connectivity index (χ1n) is 6.33. The molecule has 1 amide bonds. The lowest BCUT2D eigenvalue weighted by Gasteiger charge is -2.27. The molecule has 0 radical (unpaired) electrons. The normalized spacial score (nSPS) is 31.9. The van der Waals surface area contributed by atoms with Gasteiger partial charge >= 0.3 is 0 Å². The van der Waals surface area contributed by atoms with Crippen LogP contribution < -0.4 is 5.32 Å². The minimum absolute atomic E-state index is 0.182. The minimum Gasteiger partial charge on any atom is -0.347 e. The van der Waals surface area contributed by atoms with Crippen LogP contribution in [0.1, 0.15) is 23.8 Å². The van der Waals surface area contributed by atoms with E-state index in [1.54, 1.807) is 0 Å². The fourth-order valence-corrected chi connectivity index (χ4v) is 3.33. The molecule has 3 heterocycles. The van der Waals surface area contributed by atoms with Crippen molar-refractivity contribution < 1.29 is 4.79 Å². The van der Waals surface area contributed by atoms with Crippen molar-refractivity contribution in [1.29, 1.82) is 0 Å². The number of amides is 1. The molecular formula is C13H19N3O. The minimum atomic E-state index is 0.182. The van der Waals surface area contributed by atoms with Gasteiger partial charge in [0.15, 0.2) is 0 Å². The van der Waals surface area contributed by atoms with Crippen molar-refractivity contribution in [2.75, 3.05) is 13.1 Å². The van der Waals surface area contributed by atoms with E-state index >= 15 is 0 Å². The zero-order valence-corrected chi connectivity index (χ0v) is 10.4. The summed E-state index contributed by atoms with van der Waals surface area (Å²) in [5, 5.41) is 3.39. The Bertz CT molecular complexity index is 440. The number of aromatic nitrogens is 1. The van der Waals surface area contributed by atoms with Crippen LogP contribution in [0.15, 0.2) is 18.3 Å². The van der Waals surface area contributed by atoms with Crippen molar-refractivity contribution in [3.8, 4) is 0 Å². The van der Waals surface area contributed by atoms with Crippen LogP contribution in [0.25, 0.3) is 0 Å². The van der Waals surface area contributed by atoms with Gasteiger partial charge in [-0.25, -0.2) is 0 Å². The highest BCUT2D eigenvalue weighted by molar-refractivity contribution is 5.93. The number of rotatable bonds is 1. The lowest BCUT2D eigenvalue weighted by atomic mass is 10.0. The predicted octanol–water partition coefficient (Wildman–Crippen LogP) is 0.847. The summed E-state index contributed by atoms with van der Waals surface area (Å²) >= 11 is 0. The second-order valence-electron chi connectivity index (χ2n) is 5.29. The standard InChI is InChI=1S/C13H19N3O/c1-9-6-10-7-14-8-12(10)16(9)13(17)11-4-3-5-15(11)2/h3-5,9-10,12,14H,6-8H2,1-2H3. The number of aryl methyl sites for hydroxylation is 1. The highest BCUT2D eigenvalue weighted by Crippen LogP contribution is 2.33. The third kappa shape index (κ3) is 1.59. The number of likely N-dealkylation sites (tertiary alicyclic amines) is 1. The molecule has 2 fully saturated rings. The molecule has 4 nitrogen and oxygen atoms in total. The maximum absolute atomic E-state index is 12.6. The summed E-state index contributed by atoms with van der Waals surface area (Å²) in [4.78, 5) is 14.6. The molecule has 0 saturated carbocycles. The molecule has 1 N–H and O–H groups in total. The summed E-state index contributed by atoms with van der Waals surface area (Å²) in [6.45, 7) is 4.18. The molecule has 1 aromatic heterocycles. The molecule has 17 heavy (non-hydrogen) atoms. The summed E-state index contributed by atoms with van der Waals surface area (Å²) in [6.07, 6.45) is 3.06. The molecule has 3 unspecified atom stereocenters. The summed E-state index contributed by atoms with van der Waals surface area (Å²) in [7, 11) is 1.93. The molecule has 3 atom stereocenters. The number of hydrogen-bond acceptors (Lipinski definition) is 2. The van der Waals surface area contributed by atoms with Gasteiger partial charge < -0.3 is 14.8 Å². The summed E-state index contributed by atoms with van der Waals surface area (Å²) in [5.74, 6) is 0.829. The van der Waals surface area contributed by atoms with Crippen molar-refractivity contribution in [2.24, 2.45) is 13.0 Å². The second-order valence-corrected chi connectivity index (χ2v) is 5.29. The molecule has 4 heteroatoms. The van der Waals surface area contributed by atoms with Crippen LogP contribution in [-0.4, -0.2) is 40.5 Å². The van der Waals surface area contributed by atoms with Gasteiger partial charge in [-0.05, 0) is 31.4 Å². The van der Waals surface area contributed by atoms with Crippen LogP contribution in [0.2, 0.25) is 0 Å². The van der Waals surface area contributed by atoms with E-state index in [9.17, 15) is 4.79 Å². The first-order valence-corrected chi connectivity index (χ1v) is 6.33. The SMILES string of the molecule is CC1CC2CNCC2N1C(=O)c1cccn1C. The molecule has 0 bridgehead atoms. The summed E-state index contributed by atoms with van der Waals surface area (Å²) in [6, 6.07) is 4.60. The van der Waals surface area contributed by atoms with Crippen LogP contribution in [0.3, 0.4) is 0 Å². The van der Waals surface area contributed by atoms with Crippen molar-refractivity contribution in [2.45, 2.75) is 25.4 Å². The van der Waals surface area contributed by atoms with Gasteiger partial charge in [-0.15, -0.1) is 0 Å². The Labute approximate surface area is 102 Å². The van der Waals surface area contributed by atoms with Crippen LogP contribution in [0, 0.1) is 5.92 Å². The summed E-state index contributed by atoms with van der Waals surface area (Å²) < 4.78 is 1.91. The van der Waals surface area contributed by atoms with E-state index in [0.29, 0.717) is 18.0 Å². The number of fused-ring (bicyclic) bond motifs is 1. The lowest BCUT2D eigenvalue weighted by molar-refractivity contribution is 0.0672. The molecule has 0 aliphatic carbocycles. The molecule has 3 rings (SSSR count). The number of hydrogen-bond donors (Lipinski definition) is 1. The molecule has 2 saturated heterocycles. The van der Waals surface area contributed by atoms with Gasteiger partial charge in [0.25, 0.3) is 5.91 Å². The highest BCUT2D eigenvalue weighted by Gasteiger charge is 2.44. The van der Waals surface area contributed by atoms with Gasteiger partial charge in [0.2, 0.25) is 0 Å². The number of nitrogens with one attached hydrogen (secondary N) is 1. The fraction of sp³-hybridized carbons (Fsp3) is 0.615. The third-order valence-corrected chi connectivity index (χ3v) is 4.18. The molecule has 2 aliphatic heterocycles. The van der Waals surface area contributed by atoms with Crippen LogP contribution >= 0.6 is 0 Å². The molecule has 1 aromatic rings. The molecule has 92 valence electrons. The quantitative estimate of drug-likeness (QED) is 0.780. The zero-order chi connectivity index (χ0) is 12.0. The van der Waals surface area contributed by atoms with Crippen LogP contribution in [0.5, 0.6) is 0 Å². The van der Waals surface area contributed by atoms with E-state index in [1.807, 2.05) is 29.9 Å². The van der Waals surface area contributed by atoms with Crippen molar-refractivity contribution >= 4 is 5.91 Å². The second kappa shape index (κ2) is 3.88. The van der Waals surface area contributed by atoms with Crippen molar-refractivity contribution in [3.63, 3.8) is 0 Å². The molecule has 0 aromatic carbocycles. The molecular weight excluding hydrogens is 214 g/mol. The third-order valence-electron chi connectivity index (χ3n) is 4.18.